The highest BCUT2D eigenvalue weighted by atomic mass is 16.5. The smallest absolute Gasteiger partial charge is 0.119 e. The molecule has 2 nitrogen and oxygen atoms in total. The highest BCUT2D eigenvalue weighted by molar-refractivity contribution is 5.37. The summed E-state index contributed by atoms with van der Waals surface area (Å²) in [6.07, 6.45) is 1.17. The minimum Gasteiger partial charge on any atom is -0.497 e. The van der Waals surface area contributed by atoms with E-state index in [4.69, 9.17) is 4.74 Å². The van der Waals surface area contributed by atoms with E-state index in [0.717, 1.165) is 18.8 Å². The highest BCUT2D eigenvalue weighted by Crippen LogP contribution is 2.23. The van der Waals surface area contributed by atoms with E-state index in [1.807, 2.05) is 0 Å². The molecule has 2 rings (SSSR count). The molecule has 0 unspecified atom stereocenters. The Bertz CT molecular complexity index is 322. The van der Waals surface area contributed by atoms with E-state index in [0.29, 0.717) is 0 Å². The van der Waals surface area contributed by atoms with Crippen LogP contribution in [0.2, 0.25) is 0 Å². The van der Waals surface area contributed by atoms with Crippen molar-refractivity contribution < 1.29 is 4.74 Å². The van der Waals surface area contributed by atoms with Crippen molar-refractivity contribution in [3.05, 3.63) is 29.3 Å². The van der Waals surface area contributed by atoms with Crippen LogP contribution in [0.4, 0.5) is 0 Å². The van der Waals surface area contributed by atoms with Crippen molar-refractivity contribution in [2.24, 2.45) is 0 Å². The first-order valence-corrected chi connectivity index (χ1v) is 5.21. The molecule has 0 saturated carbocycles. The summed E-state index contributed by atoms with van der Waals surface area (Å²) in [7, 11) is 1.72. The number of ether oxygens (including phenoxy) is 1. The van der Waals surface area contributed by atoms with Crippen LogP contribution in [-0.4, -0.2) is 25.1 Å². The Balaban J connectivity index is 2.25. The Morgan fingerprint density at radius 3 is 2.93 bits per heavy atom. The van der Waals surface area contributed by atoms with Crippen molar-refractivity contribution >= 4 is 0 Å². The third kappa shape index (κ3) is 1.75. The third-order valence-electron chi connectivity index (χ3n) is 2.95. The van der Waals surface area contributed by atoms with Gasteiger partial charge in [-0.2, -0.15) is 0 Å². The number of rotatable bonds is 2. The summed E-state index contributed by atoms with van der Waals surface area (Å²) in [5, 5.41) is 0. The lowest BCUT2D eigenvalue weighted by Crippen LogP contribution is -2.30. The molecule has 1 aromatic carbocycles. The molecular weight excluding hydrogens is 174 g/mol. The monoisotopic (exact) mass is 191 g/mol. The summed E-state index contributed by atoms with van der Waals surface area (Å²) in [5.41, 5.74) is 2.91. The topological polar surface area (TPSA) is 12.5 Å². The standard InChI is InChI=1S/C12H17NO/c1-3-13-7-6-10-4-5-12(14-2)8-11(10)9-13/h4-5,8H,3,6-7,9H2,1-2H3. The van der Waals surface area contributed by atoms with Crippen LogP contribution in [-0.2, 0) is 13.0 Å². The predicted molar refractivity (Wildman–Crippen MR) is 57.6 cm³/mol. The van der Waals surface area contributed by atoms with Crippen LogP contribution < -0.4 is 4.74 Å². The number of benzene rings is 1. The van der Waals surface area contributed by atoms with Gasteiger partial charge < -0.3 is 4.74 Å². The minimum absolute atomic E-state index is 0.974. The second kappa shape index (κ2) is 4.01. The van der Waals surface area contributed by atoms with E-state index in [-0.39, 0.29) is 0 Å². The Morgan fingerprint density at radius 2 is 2.21 bits per heavy atom. The molecule has 1 aliphatic heterocycles. The Labute approximate surface area is 85.5 Å². The van der Waals surface area contributed by atoms with Crippen molar-refractivity contribution in [2.45, 2.75) is 19.9 Å². The van der Waals surface area contributed by atoms with Crippen molar-refractivity contribution in [3.63, 3.8) is 0 Å². The molecule has 0 N–H and O–H groups in total. The van der Waals surface area contributed by atoms with Gasteiger partial charge in [-0.15, -0.1) is 0 Å². The van der Waals surface area contributed by atoms with Crippen LogP contribution in [0.3, 0.4) is 0 Å². The van der Waals surface area contributed by atoms with Crippen molar-refractivity contribution in [1.29, 1.82) is 0 Å². The summed E-state index contributed by atoms with van der Waals surface area (Å²) < 4.78 is 5.23. The zero-order valence-corrected chi connectivity index (χ0v) is 8.92. The summed E-state index contributed by atoms with van der Waals surface area (Å²) in [5.74, 6) is 0.974. The number of hydrogen-bond donors (Lipinski definition) is 0. The second-order valence-electron chi connectivity index (χ2n) is 3.75. The largest absolute Gasteiger partial charge is 0.497 e. The molecule has 0 bridgehead atoms. The van der Waals surface area contributed by atoms with E-state index < -0.39 is 0 Å². The lowest BCUT2D eigenvalue weighted by Gasteiger charge is -2.27. The average Bonchev–Trinajstić information content (AvgIpc) is 2.27. The maximum atomic E-state index is 5.23. The molecule has 14 heavy (non-hydrogen) atoms. The van der Waals surface area contributed by atoms with Crippen LogP contribution >= 0.6 is 0 Å². The summed E-state index contributed by atoms with van der Waals surface area (Å²) in [6, 6.07) is 6.42. The number of nitrogens with zero attached hydrogens (tertiary/aromatic N) is 1. The molecule has 1 aliphatic rings. The van der Waals surface area contributed by atoms with Gasteiger partial charge in [0.15, 0.2) is 0 Å². The van der Waals surface area contributed by atoms with Gasteiger partial charge in [-0.05, 0) is 36.2 Å². The van der Waals surface area contributed by atoms with Gasteiger partial charge in [0.25, 0.3) is 0 Å². The van der Waals surface area contributed by atoms with Gasteiger partial charge >= 0.3 is 0 Å². The van der Waals surface area contributed by atoms with Crippen molar-refractivity contribution in [1.82, 2.24) is 4.90 Å². The van der Waals surface area contributed by atoms with E-state index >= 15 is 0 Å². The fourth-order valence-corrected chi connectivity index (χ4v) is 1.99. The van der Waals surface area contributed by atoms with E-state index in [1.54, 1.807) is 7.11 Å². The molecule has 0 atom stereocenters. The van der Waals surface area contributed by atoms with Gasteiger partial charge in [-0.3, -0.25) is 4.90 Å². The average molecular weight is 191 g/mol. The first-order chi connectivity index (χ1) is 6.83. The molecule has 1 aromatic rings. The van der Waals surface area contributed by atoms with Gasteiger partial charge in [0.2, 0.25) is 0 Å². The third-order valence-corrected chi connectivity index (χ3v) is 2.95. The van der Waals surface area contributed by atoms with Gasteiger partial charge in [0.1, 0.15) is 5.75 Å². The Kier molecular flexibility index (Phi) is 2.73. The van der Waals surface area contributed by atoms with E-state index in [9.17, 15) is 0 Å². The van der Waals surface area contributed by atoms with Crippen LogP contribution in [0.5, 0.6) is 5.75 Å². The quantitative estimate of drug-likeness (QED) is 0.709. The molecular formula is C12H17NO. The molecule has 1 heterocycles. The zero-order valence-electron chi connectivity index (χ0n) is 8.92. The van der Waals surface area contributed by atoms with Crippen molar-refractivity contribution in [2.75, 3.05) is 20.2 Å². The number of hydrogen-bond acceptors (Lipinski definition) is 2. The van der Waals surface area contributed by atoms with Crippen LogP contribution in [0.1, 0.15) is 18.1 Å². The van der Waals surface area contributed by atoms with Crippen LogP contribution in [0.15, 0.2) is 18.2 Å². The van der Waals surface area contributed by atoms with Gasteiger partial charge in [0, 0.05) is 13.1 Å². The molecule has 76 valence electrons. The van der Waals surface area contributed by atoms with E-state index in [2.05, 4.69) is 30.0 Å². The summed E-state index contributed by atoms with van der Waals surface area (Å²) in [6.45, 7) is 5.61. The fourth-order valence-electron chi connectivity index (χ4n) is 1.99. The fraction of sp³-hybridized carbons (Fsp3) is 0.500. The molecule has 0 aliphatic carbocycles. The maximum absolute atomic E-state index is 5.23. The Morgan fingerprint density at radius 1 is 1.36 bits per heavy atom. The first-order valence-electron chi connectivity index (χ1n) is 5.21. The highest BCUT2D eigenvalue weighted by Gasteiger charge is 2.14. The van der Waals surface area contributed by atoms with Gasteiger partial charge in [0.05, 0.1) is 7.11 Å². The SMILES string of the molecule is CCN1CCc2ccc(OC)cc2C1. The molecule has 0 amide bonds. The van der Waals surface area contributed by atoms with E-state index in [1.165, 1.54) is 24.1 Å². The van der Waals surface area contributed by atoms with Crippen LogP contribution in [0, 0.1) is 0 Å². The second-order valence-corrected chi connectivity index (χ2v) is 3.75. The molecule has 2 heteroatoms. The first kappa shape index (κ1) is 9.53. The maximum Gasteiger partial charge on any atom is 0.119 e. The Hall–Kier alpha value is -1.02. The minimum atomic E-state index is 0.974. The summed E-state index contributed by atoms with van der Waals surface area (Å²) in [4.78, 5) is 2.46. The lowest BCUT2D eigenvalue weighted by molar-refractivity contribution is 0.267. The molecule has 0 fully saturated rings. The predicted octanol–water partition coefficient (Wildman–Crippen LogP) is 2.07. The van der Waals surface area contributed by atoms with Gasteiger partial charge in [-0.1, -0.05) is 13.0 Å². The molecule has 0 aromatic heterocycles. The summed E-state index contributed by atoms with van der Waals surface area (Å²) >= 11 is 0. The molecule has 0 saturated heterocycles. The molecule has 0 radical (unpaired) electrons. The molecule has 0 spiro atoms. The number of fused-ring (bicyclic) bond motifs is 1. The zero-order chi connectivity index (χ0) is 9.97. The number of likely N-dealkylation sites (N-methyl/N-ethyl adjacent to an activating group) is 1. The lowest BCUT2D eigenvalue weighted by atomic mass is 9.99. The number of methoxy groups -OCH3 is 1. The van der Waals surface area contributed by atoms with Crippen LogP contribution in [0.25, 0.3) is 0 Å². The van der Waals surface area contributed by atoms with Gasteiger partial charge in [-0.25, -0.2) is 0 Å². The van der Waals surface area contributed by atoms with Crippen molar-refractivity contribution in [3.8, 4) is 5.75 Å². The normalized spacial score (nSPS) is 16.4.